The van der Waals surface area contributed by atoms with Gasteiger partial charge < -0.3 is 15.6 Å². The van der Waals surface area contributed by atoms with E-state index in [1.165, 1.54) is 6.92 Å². The Morgan fingerprint density at radius 3 is 2.77 bits per heavy atom. The molecule has 2 amide bonds. The van der Waals surface area contributed by atoms with Gasteiger partial charge in [-0.25, -0.2) is 9.69 Å². The van der Waals surface area contributed by atoms with Crippen LogP contribution in [0.4, 0.5) is 4.79 Å². The third-order valence-electron chi connectivity index (χ3n) is 1.83. The van der Waals surface area contributed by atoms with E-state index >= 15 is 0 Å². The molecule has 1 aliphatic rings. The molecule has 0 unspecified atom stereocenters. The van der Waals surface area contributed by atoms with Gasteiger partial charge in [-0.2, -0.15) is 0 Å². The maximum absolute atomic E-state index is 11.3. The summed E-state index contributed by atoms with van der Waals surface area (Å²) >= 11 is 0. The van der Waals surface area contributed by atoms with Gasteiger partial charge in [-0.3, -0.25) is 4.79 Å². The molecule has 0 bridgehead atoms. The highest BCUT2D eigenvalue weighted by Gasteiger charge is 2.33. The van der Waals surface area contributed by atoms with Crippen LogP contribution >= 0.6 is 0 Å². The Labute approximate surface area is 75.3 Å². The third-order valence-corrected chi connectivity index (χ3v) is 1.83. The molecule has 0 aromatic rings. The van der Waals surface area contributed by atoms with Crippen molar-refractivity contribution < 1.29 is 19.4 Å². The molecule has 0 saturated carbocycles. The molecular formula is C7H12N2O4. The second-order valence-electron chi connectivity index (χ2n) is 2.87. The van der Waals surface area contributed by atoms with Crippen LogP contribution in [0.3, 0.4) is 0 Å². The quantitative estimate of drug-likeness (QED) is 0.560. The fourth-order valence-electron chi connectivity index (χ4n) is 0.980. The van der Waals surface area contributed by atoms with Crippen LogP contribution in [0.2, 0.25) is 0 Å². The minimum atomic E-state index is -1.06. The van der Waals surface area contributed by atoms with Crippen molar-refractivity contribution in [3.63, 3.8) is 0 Å². The highest BCUT2D eigenvalue weighted by molar-refractivity contribution is 5.96. The fraction of sp³-hybridized carbons (Fsp3) is 0.714. The van der Waals surface area contributed by atoms with Gasteiger partial charge in [0.1, 0.15) is 12.6 Å². The van der Waals surface area contributed by atoms with Crippen LogP contribution in [-0.4, -0.2) is 47.3 Å². The molecule has 1 saturated heterocycles. The Kier molecular flexibility index (Phi) is 2.84. The summed E-state index contributed by atoms with van der Waals surface area (Å²) in [5.41, 5.74) is 5.35. The summed E-state index contributed by atoms with van der Waals surface area (Å²) in [5, 5.41) is 9.01. The first-order valence-electron chi connectivity index (χ1n) is 3.96. The number of rotatable bonds is 2. The van der Waals surface area contributed by atoms with E-state index < -0.39 is 24.1 Å². The first kappa shape index (κ1) is 9.94. The molecule has 0 aliphatic carbocycles. The van der Waals surface area contributed by atoms with Gasteiger partial charge in [0.15, 0.2) is 0 Å². The number of imide groups is 1. The zero-order valence-electron chi connectivity index (χ0n) is 7.27. The number of nitrogens with two attached hydrogens (primary N) is 1. The number of nitrogens with zero attached hydrogens (tertiary/aromatic N) is 1. The van der Waals surface area contributed by atoms with Crippen LogP contribution in [-0.2, 0) is 9.53 Å². The van der Waals surface area contributed by atoms with Gasteiger partial charge in [0, 0.05) is 0 Å². The van der Waals surface area contributed by atoms with Gasteiger partial charge in [-0.05, 0) is 6.92 Å². The maximum Gasteiger partial charge on any atom is 0.416 e. The molecular weight excluding hydrogens is 176 g/mol. The molecule has 6 nitrogen and oxygen atoms in total. The number of carbonyl (C=O) groups excluding carboxylic acids is 2. The van der Waals surface area contributed by atoms with E-state index in [4.69, 9.17) is 10.8 Å². The zero-order valence-corrected chi connectivity index (χ0v) is 7.27. The molecule has 0 spiro atoms. The molecule has 0 aromatic heterocycles. The van der Waals surface area contributed by atoms with E-state index in [9.17, 15) is 9.59 Å². The molecule has 1 heterocycles. The van der Waals surface area contributed by atoms with Gasteiger partial charge in [0.2, 0.25) is 0 Å². The van der Waals surface area contributed by atoms with Gasteiger partial charge in [0.25, 0.3) is 5.91 Å². The Bertz CT molecular complexity index is 229. The molecule has 3 N–H and O–H groups in total. The van der Waals surface area contributed by atoms with Crippen molar-refractivity contribution >= 4 is 12.0 Å². The Morgan fingerprint density at radius 2 is 2.38 bits per heavy atom. The average Bonchev–Trinajstić information content (AvgIpc) is 2.48. The number of amides is 2. The lowest BCUT2D eigenvalue weighted by Crippen LogP contribution is -2.49. The number of hydrogen-bond donors (Lipinski definition) is 2. The zero-order chi connectivity index (χ0) is 10.0. The standard InChI is InChI=1S/C7H12N2O4/c1-4(10)5(8)6(11)9-2-3-13-7(9)12/h4-5,10H,2-3,8H2,1H3/t4-,5+/m1/s1. The highest BCUT2D eigenvalue weighted by Crippen LogP contribution is 2.06. The Balaban J connectivity index is 2.61. The summed E-state index contributed by atoms with van der Waals surface area (Å²) in [6.07, 6.45) is -1.66. The van der Waals surface area contributed by atoms with Crippen LogP contribution in [0.25, 0.3) is 0 Å². The summed E-state index contributed by atoms with van der Waals surface area (Å²) in [6.45, 7) is 1.79. The van der Waals surface area contributed by atoms with E-state index in [0.717, 1.165) is 4.90 Å². The highest BCUT2D eigenvalue weighted by atomic mass is 16.6. The first-order chi connectivity index (χ1) is 6.04. The number of aliphatic hydroxyl groups excluding tert-OH is 1. The molecule has 6 heteroatoms. The molecule has 0 aromatic carbocycles. The van der Waals surface area contributed by atoms with E-state index in [0.29, 0.717) is 0 Å². The van der Waals surface area contributed by atoms with Gasteiger partial charge >= 0.3 is 6.09 Å². The van der Waals surface area contributed by atoms with Crippen molar-refractivity contribution in [2.75, 3.05) is 13.2 Å². The van der Waals surface area contributed by atoms with E-state index in [1.54, 1.807) is 0 Å². The van der Waals surface area contributed by atoms with Crippen molar-refractivity contribution in [1.29, 1.82) is 0 Å². The number of aliphatic hydroxyl groups is 1. The van der Waals surface area contributed by atoms with Crippen molar-refractivity contribution in [1.82, 2.24) is 4.90 Å². The van der Waals surface area contributed by atoms with Gasteiger partial charge in [-0.15, -0.1) is 0 Å². The number of cyclic esters (lactones) is 1. The topological polar surface area (TPSA) is 92.9 Å². The van der Waals surface area contributed by atoms with E-state index in [2.05, 4.69) is 4.74 Å². The summed E-state index contributed by atoms with van der Waals surface area (Å²) in [4.78, 5) is 23.1. The lowest BCUT2D eigenvalue weighted by Gasteiger charge is -2.18. The summed E-state index contributed by atoms with van der Waals surface area (Å²) in [6, 6.07) is -1.06. The van der Waals surface area contributed by atoms with Crippen LogP contribution in [0.5, 0.6) is 0 Å². The van der Waals surface area contributed by atoms with Gasteiger partial charge in [-0.1, -0.05) is 0 Å². The summed E-state index contributed by atoms with van der Waals surface area (Å²) in [5.74, 6) is -0.600. The predicted octanol–water partition coefficient (Wildman–Crippen LogP) is -1.33. The summed E-state index contributed by atoms with van der Waals surface area (Å²) < 4.78 is 4.55. The Hall–Kier alpha value is -1.14. The molecule has 74 valence electrons. The molecule has 1 fully saturated rings. The third kappa shape index (κ3) is 1.96. The Morgan fingerprint density at radius 1 is 1.77 bits per heavy atom. The minimum Gasteiger partial charge on any atom is -0.447 e. The monoisotopic (exact) mass is 188 g/mol. The van der Waals surface area contributed by atoms with Crippen LogP contribution in [0.1, 0.15) is 6.92 Å². The fourth-order valence-corrected chi connectivity index (χ4v) is 0.980. The van der Waals surface area contributed by atoms with E-state index in [1.807, 2.05) is 0 Å². The lowest BCUT2D eigenvalue weighted by molar-refractivity contribution is -0.131. The molecule has 1 rings (SSSR count). The maximum atomic E-state index is 11.3. The number of ether oxygens (including phenoxy) is 1. The smallest absolute Gasteiger partial charge is 0.416 e. The molecule has 1 aliphatic heterocycles. The minimum absolute atomic E-state index is 0.192. The normalized spacial score (nSPS) is 21.2. The average molecular weight is 188 g/mol. The lowest BCUT2D eigenvalue weighted by atomic mass is 10.2. The second-order valence-corrected chi connectivity index (χ2v) is 2.87. The largest absolute Gasteiger partial charge is 0.447 e. The SMILES string of the molecule is C[C@@H](O)[C@H](N)C(=O)N1CCOC1=O. The van der Waals surface area contributed by atoms with E-state index in [-0.39, 0.29) is 13.2 Å². The van der Waals surface area contributed by atoms with Crippen molar-refractivity contribution in [3.05, 3.63) is 0 Å². The van der Waals surface area contributed by atoms with Crippen molar-refractivity contribution in [2.45, 2.75) is 19.1 Å². The van der Waals surface area contributed by atoms with Crippen LogP contribution in [0.15, 0.2) is 0 Å². The second kappa shape index (κ2) is 3.71. The molecule has 2 atom stereocenters. The molecule has 0 radical (unpaired) electrons. The number of carbonyl (C=O) groups is 2. The predicted molar refractivity (Wildman–Crippen MR) is 42.7 cm³/mol. The van der Waals surface area contributed by atoms with Crippen molar-refractivity contribution in [2.24, 2.45) is 5.73 Å². The summed E-state index contributed by atoms with van der Waals surface area (Å²) in [7, 11) is 0. The molecule has 13 heavy (non-hydrogen) atoms. The van der Waals surface area contributed by atoms with Crippen LogP contribution < -0.4 is 5.73 Å². The van der Waals surface area contributed by atoms with Gasteiger partial charge in [0.05, 0.1) is 12.6 Å². The van der Waals surface area contributed by atoms with Crippen LogP contribution in [0, 0.1) is 0 Å². The number of hydrogen-bond acceptors (Lipinski definition) is 5. The van der Waals surface area contributed by atoms with Crippen molar-refractivity contribution in [3.8, 4) is 0 Å². The first-order valence-corrected chi connectivity index (χ1v) is 3.96.